The number of benzene rings is 1. The summed E-state index contributed by atoms with van der Waals surface area (Å²) in [7, 11) is 0. The van der Waals surface area contributed by atoms with E-state index in [4.69, 9.17) is 0 Å². The molecule has 1 aromatic heterocycles. The Balaban J connectivity index is 1.78. The average Bonchev–Trinajstić information content (AvgIpc) is 3.13. The summed E-state index contributed by atoms with van der Waals surface area (Å²) in [5.41, 5.74) is 3.30. The first-order valence-corrected chi connectivity index (χ1v) is 10.3. The highest BCUT2D eigenvalue weighted by Crippen LogP contribution is 2.31. The molecule has 0 fully saturated rings. The number of thioether (sulfide) groups is 1. The van der Waals surface area contributed by atoms with Gasteiger partial charge in [-0.2, -0.15) is 4.98 Å². The van der Waals surface area contributed by atoms with Gasteiger partial charge in [-0.15, -0.1) is 11.8 Å². The number of rotatable bonds is 8. The predicted octanol–water partition coefficient (Wildman–Crippen LogP) is 3.51. The summed E-state index contributed by atoms with van der Waals surface area (Å²) in [6, 6.07) is 6.51. The zero-order valence-corrected chi connectivity index (χ0v) is 16.3. The largest absolute Gasteiger partial charge is 0.348 e. The zero-order valence-electron chi connectivity index (χ0n) is 15.5. The van der Waals surface area contributed by atoms with Gasteiger partial charge < -0.3 is 4.90 Å². The quantitative estimate of drug-likeness (QED) is 0.523. The SMILES string of the molecule is CCN(CC)CCn1c2c(c(SCc3ccc(F)cc3)nc1=O)CCC2. The third-order valence-corrected chi connectivity index (χ3v) is 6.11. The maximum Gasteiger partial charge on any atom is 0.348 e. The summed E-state index contributed by atoms with van der Waals surface area (Å²) in [5, 5.41) is 0.853. The first kappa shape index (κ1) is 19.1. The minimum Gasteiger partial charge on any atom is -0.302 e. The van der Waals surface area contributed by atoms with Crippen molar-refractivity contribution in [1.82, 2.24) is 14.5 Å². The molecule has 26 heavy (non-hydrogen) atoms. The molecule has 0 amide bonds. The Hall–Kier alpha value is -1.66. The molecule has 4 nitrogen and oxygen atoms in total. The summed E-state index contributed by atoms with van der Waals surface area (Å²) >= 11 is 1.58. The molecule has 1 aromatic carbocycles. The molecule has 140 valence electrons. The maximum absolute atomic E-state index is 13.0. The van der Waals surface area contributed by atoms with Crippen LogP contribution in [-0.2, 0) is 25.1 Å². The molecule has 1 aliphatic rings. The second-order valence-electron chi connectivity index (χ2n) is 6.57. The van der Waals surface area contributed by atoms with Crippen LogP contribution in [0.4, 0.5) is 4.39 Å². The third kappa shape index (κ3) is 4.35. The van der Waals surface area contributed by atoms with Crippen molar-refractivity contribution in [2.45, 2.75) is 50.4 Å². The lowest BCUT2D eigenvalue weighted by Gasteiger charge is -2.20. The highest BCUT2D eigenvalue weighted by Gasteiger charge is 2.22. The number of halogens is 1. The molecule has 0 bridgehead atoms. The van der Waals surface area contributed by atoms with Crippen molar-refractivity contribution in [3.05, 3.63) is 57.4 Å². The minimum absolute atomic E-state index is 0.139. The van der Waals surface area contributed by atoms with E-state index < -0.39 is 0 Å². The van der Waals surface area contributed by atoms with Gasteiger partial charge in [-0.25, -0.2) is 9.18 Å². The molecule has 0 unspecified atom stereocenters. The lowest BCUT2D eigenvalue weighted by molar-refractivity contribution is 0.286. The fraction of sp³-hybridized carbons (Fsp3) is 0.500. The molecule has 2 aromatic rings. The number of hydrogen-bond acceptors (Lipinski definition) is 4. The summed E-state index contributed by atoms with van der Waals surface area (Å²) in [6.07, 6.45) is 3.02. The van der Waals surface area contributed by atoms with Crippen molar-refractivity contribution in [3.8, 4) is 0 Å². The van der Waals surface area contributed by atoms with Gasteiger partial charge >= 0.3 is 5.69 Å². The number of fused-ring (bicyclic) bond motifs is 1. The van der Waals surface area contributed by atoms with E-state index in [1.54, 1.807) is 23.9 Å². The van der Waals surface area contributed by atoms with E-state index in [2.05, 4.69) is 23.7 Å². The van der Waals surface area contributed by atoms with Gasteiger partial charge in [0, 0.05) is 30.1 Å². The van der Waals surface area contributed by atoms with Crippen molar-refractivity contribution in [2.24, 2.45) is 0 Å². The molecule has 0 atom stereocenters. The van der Waals surface area contributed by atoms with Crippen molar-refractivity contribution in [3.63, 3.8) is 0 Å². The van der Waals surface area contributed by atoms with E-state index in [0.29, 0.717) is 12.3 Å². The fourth-order valence-corrected chi connectivity index (χ4v) is 4.48. The molecule has 0 radical (unpaired) electrons. The minimum atomic E-state index is -0.228. The Morgan fingerprint density at radius 3 is 2.62 bits per heavy atom. The number of likely N-dealkylation sites (N-methyl/N-ethyl adjacent to an activating group) is 1. The maximum atomic E-state index is 13.0. The van der Waals surface area contributed by atoms with Gasteiger partial charge in [0.15, 0.2) is 0 Å². The van der Waals surface area contributed by atoms with Crippen molar-refractivity contribution < 1.29 is 4.39 Å². The predicted molar refractivity (Wildman–Crippen MR) is 104 cm³/mol. The Bertz CT molecular complexity index is 800. The lowest BCUT2D eigenvalue weighted by Crippen LogP contribution is -2.33. The summed E-state index contributed by atoms with van der Waals surface area (Å²) in [5.74, 6) is 0.469. The highest BCUT2D eigenvalue weighted by molar-refractivity contribution is 7.98. The molecular weight excluding hydrogens is 349 g/mol. The smallest absolute Gasteiger partial charge is 0.302 e. The molecule has 1 heterocycles. The van der Waals surface area contributed by atoms with E-state index >= 15 is 0 Å². The van der Waals surface area contributed by atoms with Crippen LogP contribution in [0.5, 0.6) is 0 Å². The highest BCUT2D eigenvalue weighted by atomic mass is 32.2. The topological polar surface area (TPSA) is 38.1 Å². The summed E-state index contributed by atoms with van der Waals surface area (Å²) in [6.45, 7) is 7.86. The zero-order chi connectivity index (χ0) is 18.5. The van der Waals surface area contributed by atoms with Crippen LogP contribution in [-0.4, -0.2) is 34.1 Å². The molecule has 0 spiro atoms. The Labute approximate surface area is 158 Å². The van der Waals surface area contributed by atoms with Crippen molar-refractivity contribution in [1.29, 1.82) is 0 Å². The Morgan fingerprint density at radius 2 is 1.92 bits per heavy atom. The molecule has 1 aliphatic carbocycles. The first-order valence-electron chi connectivity index (χ1n) is 9.34. The fourth-order valence-electron chi connectivity index (χ4n) is 3.45. The van der Waals surface area contributed by atoms with Crippen LogP contribution in [0.15, 0.2) is 34.1 Å². The average molecular weight is 376 g/mol. The molecular formula is C20H26FN3OS. The van der Waals surface area contributed by atoms with Crippen LogP contribution in [0, 0.1) is 5.82 Å². The van der Waals surface area contributed by atoms with Crippen molar-refractivity contribution >= 4 is 11.8 Å². The van der Waals surface area contributed by atoms with Gasteiger partial charge in [0.2, 0.25) is 0 Å². The summed E-state index contributed by atoms with van der Waals surface area (Å²) < 4.78 is 14.9. The van der Waals surface area contributed by atoms with E-state index in [1.165, 1.54) is 23.4 Å². The van der Waals surface area contributed by atoms with Crippen LogP contribution >= 0.6 is 11.8 Å². The monoisotopic (exact) mass is 375 g/mol. The van der Waals surface area contributed by atoms with Gasteiger partial charge in [0.05, 0.1) is 0 Å². The molecule has 0 N–H and O–H groups in total. The van der Waals surface area contributed by atoms with Gasteiger partial charge in [0.25, 0.3) is 0 Å². The second-order valence-corrected chi connectivity index (χ2v) is 7.54. The van der Waals surface area contributed by atoms with Crippen molar-refractivity contribution in [2.75, 3.05) is 19.6 Å². The molecule has 0 saturated heterocycles. The van der Waals surface area contributed by atoms with Crippen LogP contribution in [0.3, 0.4) is 0 Å². The number of aromatic nitrogens is 2. The molecule has 0 saturated carbocycles. The Morgan fingerprint density at radius 1 is 1.19 bits per heavy atom. The van der Waals surface area contributed by atoms with Gasteiger partial charge in [-0.3, -0.25) is 4.57 Å². The second kappa shape index (κ2) is 8.82. The third-order valence-electron chi connectivity index (χ3n) is 5.02. The molecule has 3 rings (SSSR count). The normalized spacial score (nSPS) is 13.4. The van der Waals surface area contributed by atoms with E-state index in [0.717, 1.165) is 49.5 Å². The summed E-state index contributed by atoms with van der Waals surface area (Å²) in [4.78, 5) is 19.3. The Kier molecular flexibility index (Phi) is 6.48. The number of hydrogen-bond donors (Lipinski definition) is 0. The van der Waals surface area contributed by atoms with E-state index in [9.17, 15) is 9.18 Å². The van der Waals surface area contributed by atoms with Crippen LogP contribution in [0.25, 0.3) is 0 Å². The van der Waals surface area contributed by atoms with Crippen LogP contribution < -0.4 is 5.69 Å². The van der Waals surface area contributed by atoms with Gasteiger partial charge in [-0.1, -0.05) is 26.0 Å². The molecule has 6 heteroatoms. The lowest BCUT2D eigenvalue weighted by atomic mass is 10.2. The van der Waals surface area contributed by atoms with Crippen LogP contribution in [0.1, 0.15) is 37.1 Å². The first-order chi connectivity index (χ1) is 12.6. The van der Waals surface area contributed by atoms with Gasteiger partial charge in [0.1, 0.15) is 10.8 Å². The standard InChI is InChI=1S/C20H26FN3OS/c1-3-23(4-2)12-13-24-18-7-5-6-17(18)19(22-20(24)25)26-14-15-8-10-16(21)11-9-15/h8-11H,3-7,12-14H2,1-2H3. The number of nitrogens with zero attached hydrogens (tertiary/aromatic N) is 3. The van der Waals surface area contributed by atoms with Crippen LogP contribution in [0.2, 0.25) is 0 Å². The molecule has 0 aliphatic heterocycles. The van der Waals surface area contributed by atoms with Gasteiger partial charge in [-0.05, 0) is 50.0 Å². The van der Waals surface area contributed by atoms with E-state index in [-0.39, 0.29) is 11.5 Å². The van der Waals surface area contributed by atoms with E-state index in [1.807, 2.05) is 4.57 Å².